The van der Waals surface area contributed by atoms with Gasteiger partial charge in [-0.1, -0.05) is 72.1 Å². The molecule has 0 spiro atoms. The van der Waals surface area contributed by atoms with Gasteiger partial charge in [-0.25, -0.2) is 0 Å². The molecular weight excluding hydrogens is 232 g/mol. The summed E-state index contributed by atoms with van der Waals surface area (Å²) in [6.07, 6.45) is 15.7. The van der Waals surface area contributed by atoms with Crippen LogP contribution in [0.2, 0.25) is 0 Å². The van der Waals surface area contributed by atoms with Crippen LogP contribution in [0.3, 0.4) is 0 Å². The maximum Gasteiger partial charge on any atom is 0.125 e. The Labute approximate surface area is 121 Å². The first-order valence-corrected chi connectivity index (χ1v) is 8.21. The van der Waals surface area contributed by atoms with E-state index in [2.05, 4.69) is 26.7 Å². The lowest BCUT2D eigenvalue weighted by Gasteiger charge is -2.22. The molecule has 0 aromatic carbocycles. The lowest BCUT2D eigenvalue weighted by atomic mass is 9.88. The maximum atomic E-state index is 10.1. The fourth-order valence-corrected chi connectivity index (χ4v) is 2.55. The van der Waals surface area contributed by atoms with Crippen molar-refractivity contribution in [2.24, 2.45) is 11.8 Å². The van der Waals surface area contributed by atoms with Crippen LogP contribution in [-0.2, 0) is 0 Å². The summed E-state index contributed by atoms with van der Waals surface area (Å²) in [5, 5.41) is 10.1. The van der Waals surface area contributed by atoms with Crippen molar-refractivity contribution in [3.8, 4) is 12.3 Å². The van der Waals surface area contributed by atoms with Gasteiger partial charge in [-0.2, -0.15) is 0 Å². The number of hydrogen-bond acceptors (Lipinski definition) is 1. The number of rotatable bonds is 11. The van der Waals surface area contributed by atoms with Gasteiger partial charge in [-0.05, 0) is 31.1 Å². The van der Waals surface area contributed by atoms with Gasteiger partial charge in [0.1, 0.15) is 5.60 Å². The fraction of sp³-hybridized carbons (Fsp3) is 0.889. The maximum absolute atomic E-state index is 10.1. The van der Waals surface area contributed by atoms with Crippen LogP contribution in [0, 0.1) is 24.2 Å². The molecule has 1 heteroatoms. The van der Waals surface area contributed by atoms with Crippen LogP contribution in [0.15, 0.2) is 0 Å². The number of aliphatic hydroxyl groups is 1. The van der Waals surface area contributed by atoms with Crippen molar-refractivity contribution in [3.63, 3.8) is 0 Å². The predicted octanol–water partition coefficient (Wildman–Crippen LogP) is 5.17. The number of hydrogen-bond donors (Lipinski definition) is 1. The Kier molecular flexibility index (Phi) is 10.1. The van der Waals surface area contributed by atoms with E-state index in [9.17, 15) is 5.11 Å². The minimum Gasteiger partial charge on any atom is -0.378 e. The third-order valence-corrected chi connectivity index (χ3v) is 4.64. The zero-order valence-corrected chi connectivity index (χ0v) is 13.5. The Morgan fingerprint density at radius 1 is 1.05 bits per heavy atom. The molecule has 0 aliphatic rings. The molecule has 0 saturated heterocycles. The Morgan fingerprint density at radius 2 is 1.68 bits per heavy atom. The molecule has 0 amide bonds. The number of terminal acetylenes is 1. The molecular formula is C18H34O. The molecule has 1 nitrogen and oxygen atoms in total. The molecule has 0 aliphatic carbocycles. The summed E-state index contributed by atoms with van der Waals surface area (Å²) in [6, 6.07) is 0. The van der Waals surface area contributed by atoms with E-state index < -0.39 is 5.60 Å². The average Bonchev–Trinajstić information content (AvgIpc) is 2.44. The summed E-state index contributed by atoms with van der Waals surface area (Å²) < 4.78 is 0. The first kappa shape index (κ1) is 18.5. The smallest absolute Gasteiger partial charge is 0.125 e. The molecule has 0 heterocycles. The summed E-state index contributed by atoms with van der Waals surface area (Å²) in [5.74, 6) is 4.21. The minimum absolute atomic E-state index is 0.661. The molecule has 0 aromatic heterocycles. The molecule has 0 rings (SSSR count). The Hall–Kier alpha value is -0.480. The van der Waals surface area contributed by atoms with E-state index in [0.717, 1.165) is 24.7 Å². The normalized spacial score (nSPS) is 17.5. The van der Waals surface area contributed by atoms with Crippen molar-refractivity contribution in [1.29, 1.82) is 0 Å². The van der Waals surface area contributed by atoms with Crippen molar-refractivity contribution in [2.75, 3.05) is 0 Å². The standard InChI is InChI=1S/C18H34O/c1-6-16(5)12-10-13-17(7-2)14-11-15-18(19,8-3)9-4/h3,16-17,19H,6-7,9-15H2,1-2,4-5H3. The lowest BCUT2D eigenvalue weighted by Crippen LogP contribution is -2.25. The topological polar surface area (TPSA) is 20.2 Å². The van der Waals surface area contributed by atoms with Crippen molar-refractivity contribution >= 4 is 0 Å². The molecule has 0 aromatic rings. The van der Waals surface area contributed by atoms with Crippen LogP contribution in [0.5, 0.6) is 0 Å². The summed E-state index contributed by atoms with van der Waals surface area (Å²) in [5.41, 5.74) is -0.866. The van der Waals surface area contributed by atoms with E-state index >= 15 is 0 Å². The fourth-order valence-electron chi connectivity index (χ4n) is 2.55. The van der Waals surface area contributed by atoms with Gasteiger partial charge in [-0.15, -0.1) is 6.42 Å². The van der Waals surface area contributed by atoms with E-state index in [4.69, 9.17) is 6.42 Å². The molecule has 0 fully saturated rings. The molecule has 19 heavy (non-hydrogen) atoms. The highest BCUT2D eigenvalue weighted by atomic mass is 16.3. The Balaban J connectivity index is 3.85. The van der Waals surface area contributed by atoms with Crippen molar-refractivity contribution in [2.45, 2.75) is 91.1 Å². The second-order valence-electron chi connectivity index (χ2n) is 6.14. The van der Waals surface area contributed by atoms with Gasteiger partial charge in [0.05, 0.1) is 0 Å². The zero-order valence-electron chi connectivity index (χ0n) is 13.5. The second-order valence-corrected chi connectivity index (χ2v) is 6.14. The molecule has 0 bridgehead atoms. The Morgan fingerprint density at radius 3 is 2.16 bits per heavy atom. The summed E-state index contributed by atoms with van der Waals surface area (Å²) in [7, 11) is 0. The zero-order chi connectivity index (χ0) is 14.7. The van der Waals surface area contributed by atoms with Gasteiger partial charge in [-0.3, -0.25) is 0 Å². The Bertz CT molecular complexity index is 253. The molecule has 1 N–H and O–H groups in total. The van der Waals surface area contributed by atoms with Gasteiger partial charge in [0.15, 0.2) is 0 Å². The summed E-state index contributed by atoms with van der Waals surface area (Å²) in [4.78, 5) is 0. The van der Waals surface area contributed by atoms with Crippen LogP contribution in [0.25, 0.3) is 0 Å². The van der Waals surface area contributed by atoms with Gasteiger partial charge < -0.3 is 5.11 Å². The van der Waals surface area contributed by atoms with E-state index in [1.807, 2.05) is 6.92 Å². The highest BCUT2D eigenvalue weighted by molar-refractivity contribution is 5.06. The molecule has 0 aliphatic heterocycles. The van der Waals surface area contributed by atoms with Crippen LogP contribution in [-0.4, -0.2) is 10.7 Å². The van der Waals surface area contributed by atoms with Gasteiger partial charge in [0.2, 0.25) is 0 Å². The quantitative estimate of drug-likeness (QED) is 0.511. The van der Waals surface area contributed by atoms with E-state index in [1.165, 1.54) is 38.5 Å². The third-order valence-electron chi connectivity index (χ3n) is 4.64. The largest absolute Gasteiger partial charge is 0.378 e. The minimum atomic E-state index is -0.866. The van der Waals surface area contributed by atoms with Crippen LogP contribution >= 0.6 is 0 Å². The van der Waals surface area contributed by atoms with E-state index in [1.54, 1.807) is 0 Å². The van der Waals surface area contributed by atoms with Crippen molar-refractivity contribution < 1.29 is 5.11 Å². The molecule has 112 valence electrons. The summed E-state index contributed by atoms with van der Waals surface area (Å²) in [6.45, 7) is 8.85. The van der Waals surface area contributed by atoms with Crippen LogP contribution in [0.1, 0.15) is 85.5 Å². The van der Waals surface area contributed by atoms with Gasteiger partial charge in [0.25, 0.3) is 0 Å². The molecule has 0 radical (unpaired) electrons. The van der Waals surface area contributed by atoms with Crippen LogP contribution in [0.4, 0.5) is 0 Å². The lowest BCUT2D eigenvalue weighted by molar-refractivity contribution is 0.0830. The van der Waals surface area contributed by atoms with E-state index in [-0.39, 0.29) is 0 Å². The van der Waals surface area contributed by atoms with Crippen molar-refractivity contribution in [3.05, 3.63) is 0 Å². The SMILES string of the molecule is C#CC(O)(CC)CCCC(CC)CCCC(C)CC. The third kappa shape index (κ3) is 8.32. The average molecular weight is 266 g/mol. The predicted molar refractivity (Wildman–Crippen MR) is 85.0 cm³/mol. The van der Waals surface area contributed by atoms with Crippen LogP contribution < -0.4 is 0 Å². The molecule has 0 saturated carbocycles. The highest BCUT2D eigenvalue weighted by Gasteiger charge is 2.21. The molecule has 3 unspecified atom stereocenters. The van der Waals surface area contributed by atoms with E-state index in [0.29, 0.717) is 6.42 Å². The summed E-state index contributed by atoms with van der Waals surface area (Å²) >= 11 is 0. The van der Waals surface area contributed by atoms with Crippen molar-refractivity contribution in [1.82, 2.24) is 0 Å². The highest BCUT2D eigenvalue weighted by Crippen LogP contribution is 2.24. The molecule has 3 atom stereocenters. The first-order valence-electron chi connectivity index (χ1n) is 8.21. The second kappa shape index (κ2) is 10.3. The van der Waals surface area contributed by atoms with Gasteiger partial charge in [0, 0.05) is 0 Å². The van der Waals surface area contributed by atoms with Gasteiger partial charge >= 0.3 is 0 Å². The monoisotopic (exact) mass is 266 g/mol. The first-order chi connectivity index (χ1) is 9.01.